The average Bonchev–Trinajstić information content (AvgIpc) is 1.87. The van der Waals surface area contributed by atoms with Crippen LogP contribution in [0.2, 0.25) is 0 Å². The van der Waals surface area contributed by atoms with E-state index in [1.807, 2.05) is 20.0 Å². The Labute approximate surface area is 61.4 Å². The van der Waals surface area contributed by atoms with E-state index in [-0.39, 0.29) is 0 Å². The van der Waals surface area contributed by atoms with Crippen LogP contribution >= 0.6 is 11.6 Å². The second-order valence-corrected chi connectivity index (χ2v) is 2.25. The van der Waals surface area contributed by atoms with E-state index in [9.17, 15) is 0 Å². The summed E-state index contributed by atoms with van der Waals surface area (Å²) in [6.45, 7) is 5.63. The minimum absolute atomic E-state index is 0.731. The molecule has 0 rings (SSSR count). The Hall–Kier alpha value is -0.430. The van der Waals surface area contributed by atoms with E-state index in [0.29, 0.717) is 0 Å². The fourth-order valence-electron chi connectivity index (χ4n) is 0.394. The fourth-order valence-corrected chi connectivity index (χ4v) is 0.556. The molecule has 0 aromatic carbocycles. The second kappa shape index (κ2) is 4.45. The minimum atomic E-state index is 0.731. The Bertz CT molecular complexity index is 127. The summed E-state index contributed by atoms with van der Waals surface area (Å²) in [6, 6.07) is 0. The summed E-state index contributed by atoms with van der Waals surface area (Å²) >= 11 is 5.70. The van der Waals surface area contributed by atoms with E-state index in [1.165, 1.54) is 0 Å². The number of allylic oxidation sites excluding steroid dienone is 2. The first-order valence-corrected chi connectivity index (χ1v) is 3.24. The zero-order valence-corrected chi connectivity index (χ0v) is 6.63. The Kier molecular flexibility index (Phi) is 4.24. The second-order valence-electron chi connectivity index (χ2n) is 1.77. The molecule has 0 heterocycles. The van der Waals surface area contributed by atoms with Gasteiger partial charge in [-0.2, -0.15) is 0 Å². The predicted molar refractivity (Wildman–Crippen MR) is 42.4 cm³/mol. The lowest BCUT2D eigenvalue weighted by Crippen LogP contribution is -2.03. The largest absolute Gasteiger partial charge is 0.392 e. The van der Waals surface area contributed by atoms with Crippen LogP contribution in [0, 0.1) is 0 Å². The van der Waals surface area contributed by atoms with Gasteiger partial charge in [0.15, 0.2) is 0 Å². The van der Waals surface area contributed by atoms with Crippen LogP contribution < -0.4 is 5.32 Å². The van der Waals surface area contributed by atoms with Crippen molar-refractivity contribution in [2.45, 2.75) is 13.3 Å². The van der Waals surface area contributed by atoms with Gasteiger partial charge in [0.25, 0.3) is 0 Å². The highest BCUT2D eigenvalue weighted by Gasteiger charge is 1.91. The van der Waals surface area contributed by atoms with Crippen LogP contribution in [0.3, 0.4) is 0 Å². The van der Waals surface area contributed by atoms with E-state index in [4.69, 9.17) is 11.6 Å². The monoisotopic (exact) mass is 145 g/mol. The lowest BCUT2D eigenvalue weighted by molar-refractivity contribution is 0.939. The molecular formula is C7H12ClN. The average molecular weight is 146 g/mol. The summed E-state index contributed by atoms with van der Waals surface area (Å²) in [6.07, 6.45) is 2.60. The Morgan fingerprint density at radius 2 is 2.33 bits per heavy atom. The smallest absolute Gasteiger partial charge is 0.0222 e. The van der Waals surface area contributed by atoms with Gasteiger partial charge in [-0.05, 0) is 6.92 Å². The summed E-state index contributed by atoms with van der Waals surface area (Å²) in [5.41, 5.74) is 0.943. The predicted octanol–water partition coefficient (Wildman–Crippen LogP) is 2.25. The van der Waals surface area contributed by atoms with Crippen LogP contribution in [0.4, 0.5) is 0 Å². The molecule has 0 saturated carbocycles. The van der Waals surface area contributed by atoms with Crippen molar-refractivity contribution in [1.82, 2.24) is 5.32 Å². The number of hydrogen-bond acceptors (Lipinski definition) is 1. The molecular weight excluding hydrogens is 134 g/mol. The maximum atomic E-state index is 5.70. The Balaban J connectivity index is 3.60. The van der Waals surface area contributed by atoms with Gasteiger partial charge in [-0.15, -0.1) is 0 Å². The van der Waals surface area contributed by atoms with Crippen molar-refractivity contribution in [2.75, 3.05) is 7.05 Å². The van der Waals surface area contributed by atoms with Crippen molar-refractivity contribution in [3.05, 3.63) is 23.4 Å². The topological polar surface area (TPSA) is 12.0 Å². The van der Waals surface area contributed by atoms with Gasteiger partial charge < -0.3 is 5.32 Å². The van der Waals surface area contributed by atoms with Crippen LogP contribution in [0.5, 0.6) is 0 Å². The Morgan fingerprint density at radius 3 is 2.67 bits per heavy atom. The molecule has 0 atom stereocenters. The van der Waals surface area contributed by atoms with Gasteiger partial charge in [-0.3, -0.25) is 0 Å². The molecule has 0 aromatic rings. The molecule has 0 unspecified atom stereocenters. The SMILES string of the molecule is C=C(C/C(Cl)=C\C)NC. The van der Waals surface area contributed by atoms with E-state index in [0.717, 1.165) is 17.2 Å². The molecule has 0 aliphatic carbocycles. The first-order chi connectivity index (χ1) is 4.20. The molecule has 0 bridgehead atoms. The summed E-state index contributed by atoms with van der Waals surface area (Å²) in [5, 5.41) is 3.74. The summed E-state index contributed by atoms with van der Waals surface area (Å²) in [7, 11) is 1.84. The standard InChI is InChI=1S/C7H12ClN/c1-4-7(8)5-6(2)9-3/h4,9H,2,5H2,1,3H3/b7-4+. The zero-order chi connectivity index (χ0) is 7.28. The van der Waals surface area contributed by atoms with Crippen molar-refractivity contribution < 1.29 is 0 Å². The highest BCUT2D eigenvalue weighted by Crippen LogP contribution is 2.09. The first-order valence-electron chi connectivity index (χ1n) is 2.87. The Morgan fingerprint density at radius 1 is 1.78 bits per heavy atom. The molecule has 0 amide bonds. The lowest BCUT2D eigenvalue weighted by Gasteiger charge is -2.01. The molecule has 1 nitrogen and oxygen atoms in total. The summed E-state index contributed by atoms with van der Waals surface area (Å²) in [4.78, 5) is 0. The summed E-state index contributed by atoms with van der Waals surface area (Å²) in [5.74, 6) is 0. The quantitative estimate of drug-likeness (QED) is 0.643. The number of nitrogens with one attached hydrogen (secondary N) is 1. The first kappa shape index (κ1) is 8.57. The van der Waals surface area contributed by atoms with Crippen LogP contribution in [0.15, 0.2) is 23.4 Å². The van der Waals surface area contributed by atoms with Crippen LogP contribution in [0.1, 0.15) is 13.3 Å². The summed E-state index contributed by atoms with van der Waals surface area (Å²) < 4.78 is 0. The maximum absolute atomic E-state index is 5.70. The molecule has 0 aliphatic heterocycles. The normalized spacial score (nSPS) is 11.2. The van der Waals surface area contributed by atoms with Gasteiger partial charge in [-0.25, -0.2) is 0 Å². The van der Waals surface area contributed by atoms with Gasteiger partial charge in [-0.1, -0.05) is 24.3 Å². The van der Waals surface area contributed by atoms with Gasteiger partial charge in [0.2, 0.25) is 0 Å². The van der Waals surface area contributed by atoms with Crippen molar-refractivity contribution in [1.29, 1.82) is 0 Å². The van der Waals surface area contributed by atoms with Gasteiger partial charge in [0.1, 0.15) is 0 Å². The fraction of sp³-hybridized carbons (Fsp3) is 0.429. The van der Waals surface area contributed by atoms with Gasteiger partial charge in [0, 0.05) is 24.2 Å². The third kappa shape index (κ3) is 4.10. The van der Waals surface area contributed by atoms with E-state index >= 15 is 0 Å². The minimum Gasteiger partial charge on any atom is -0.392 e. The molecule has 9 heavy (non-hydrogen) atoms. The van der Waals surface area contributed by atoms with Crippen molar-refractivity contribution in [2.24, 2.45) is 0 Å². The van der Waals surface area contributed by atoms with Crippen LogP contribution in [-0.4, -0.2) is 7.05 Å². The van der Waals surface area contributed by atoms with E-state index in [2.05, 4.69) is 11.9 Å². The van der Waals surface area contributed by atoms with Crippen molar-refractivity contribution >= 4 is 11.6 Å². The van der Waals surface area contributed by atoms with Gasteiger partial charge in [0.05, 0.1) is 0 Å². The molecule has 0 fully saturated rings. The lowest BCUT2D eigenvalue weighted by atomic mass is 10.3. The number of halogens is 1. The number of hydrogen-bond donors (Lipinski definition) is 1. The molecule has 2 heteroatoms. The molecule has 0 spiro atoms. The number of rotatable bonds is 3. The van der Waals surface area contributed by atoms with Gasteiger partial charge >= 0.3 is 0 Å². The molecule has 52 valence electrons. The van der Waals surface area contributed by atoms with Crippen LogP contribution in [0.25, 0.3) is 0 Å². The molecule has 0 aliphatic rings. The van der Waals surface area contributed by atoms with E-state index in [1.54, 1.807) is 0 Å². The molecule has 0 radical (unpaired) electrons. The third-order valence-corrected chi connectivity index (χ3v) is 1.40. The maximum Gasteiger partial charge on any atom is 0.0222 e. The molecule has 1 N–H and O–H groups in total. The highest BCUT2D eigenvalue weighted by molar-refractivity contribution is 6.29. The van der Waals surface area contributed by atoms with E-state index < -0.39 is 0 Å². The molecule has 0 aromatic heterocycles. The van der Waals surface area contributed by atoms with Crippen LogP contribution in [-0.2, 0) is 0 Å². The van der Waals surface area contributed by atoms with Crippen molar-refractivity contribution in [3.8, 4) is 0 Å². The zero-order valence-electron chi connectivity index (χ0n) is 5.87. The highest BCUT2D eigenvalue weighted by atomic mass is 35.5. The third-order valence-electron chi connectivity index (χ3n) is 1.05. The van der Waals surface area contributed by atoms with Crippen molar-refractivity contribution in [3.63, 3.8) is 0 Å². The molecule has 0 saturated heterocycles.